The topological polar surface area (TPSA) is 38.0 Å². The molecule has 1 N–H and O–H groups in total. The minimum absolute atomic E-state index is 0.506. The maximum Gasteiger partial charge on any atom is 0.112 e. The van der Waals surface area contributed by atoms with Crippen molar-refractivity contribution in [1.82, 2.24) is 9.55 Å². The van der Waals surface area contributed by atoms with Crippen LogP contribution in [0.25, 0.3) is 11.0 Å². The molecular weight excluding hydrogens is 348 g/mol. The van der Waals surface area contributed by atoms with Crippen molar-refractivity contribution in [2.45, 2.75) is 32.4 Å². The Morgan fingerprint density at radius 3 is 2.81 bits per heavy atom. The lowest BCUT2D eigenvalue weighted by molar-refractivity contribution is 0.178. The van der Waals surface area contributed by atoms with Crippen LogP contribution in [0.3, 0.4) is 0 Å². The summed E-state index contributed by atoms with van der Waals surface area (Å²) in [6, 6.07) is 12.1. The number of hydrogen-bond acceptors (Lipinski definition) is 3. The van der Waals surface area contributed by atoms with Gasteiger partial charge in [-0.1, -0.05) is 19.1 Å². The highest BCUT2D eigenvalue weighted by atomic mass is 79.9. The Kier molecular flexibility index (Phi) is 4.42. The van der Waals surface area contributed by atoms with Gasteiger partial charge in [-0.25, -0.2) is 4.98 Å². The van der Waals surface area contributed by atoms with Gasteiger partial charge in [0, 0.05) is 17.8 Å². The summed E-state index contributed by atoms with van der Waals surface area (Å²) < 4.78 is 3.26. The molecule has 1 unspecified atom stereocenters. The van der Waals surface area contributed by atoms with Crippen molar-refractivity contribution in [2.75, 3.05) is 0 Å². The number of aliphatic hydroxyl groups is 1. The number of hydrogen-bond donors (Lipinski definition) is 1. The highest BCUT2D eigenvalue weighted by Gasteiger charge is 2.16. The third-order valence-corrected chi connectivity index (χ3v) is 5.20. The molecule has 0 amide bonds. The van der Waals surface area contributed by atoms with E-state index in [4.69, 9.17) is 4.98 Å². The molecule has 110 valence electrons. The van der Waals surface area contributed by atoms with Crippen LogP contribution in [0.2, 0.25) is 0 Å². The van der Waals surface area contributed by atoms with E-state index in [0.29, 0.717) is 6.42 Å². The highest BCUT2D eigenvalue weighted by Crippen LogP contribution is 2.29. The molecule has 3 aromatic rings. The number of aryl methyl sites for hydroxylation is 1. The Morgan fingerprint density at radius 1 is 1.29 bits per heavy atom. The molecular formula is C16H17BrN2OS. The van der Waals surface area contributed by atoms with Crippen LogP contribution in [0.4, 0.5) is 0 Å². The van der Waals surface area contributed by atoms with Gasteiger partial charge in [-0.3, -0.25) is 0 Å². The van der Waals surface area contributed by atoms with Crippen LogP contribution in [0.1, 0.15) is 30.2 Å². The Labute approximate surface area is 136 Å². The smallest absolute Gasteiger partial charge is 0.112 e. The van der Waals surface area contributed by atoms with Crippen LogP contribution in [-0.4, -0.2) is 14.7 Å². The first-order valence-corrected chi connectivity index (χ1v) is 8.67. The number of nitrogens with zero attached hydrogens (tertiary/aromatic N) is 2. The van der Waals surface area contributed by atoms with E-state index in [1.54, 1.807) is 11.3 Å². The van der Waals surface area contributed by atoms with Gasteiger partial charge in [0.25, 0.3) is 0 Å². The van der Waals surface area contributed by atoms with Crippen LogP contribution in [-0.2, 0) is 13.0 Å². The lowest BCUT2D eigenvalue weighted by atomic mass is 10.2. The number of aliphatic hydroxyl groups excluding tert-OH is 1. The van der Waals surface area contributed by atoms with Crippen LogP contribution in [0.15, 0.2) is 40.2 Å². The van der Waals surface area contributed by atoms with E-state index < -0.39 is 6.10 Å². The quantitative estimate of drug-likeness (QED) is 0.721. The number of halogens is 1. The molecule has 0 aliphatic carbocycles. The first-order chi connectivity index (χ1) is 10.2. The molecule has 2 aromatic heterocycles. The summed E-state index contributed by atoms with van der Waals surface area (Å²) in [5, 5.41) is 10.4. The molecule has 0 aliphatic rings. The molecule has 0 fully saturated rings. The Balaban J connectivity index is 1.94. The van der Waals surface area contributed by atoms with Crippen molar-refractivity contribution in [3.05, 3.63) is 50.9 Å². The zero-order valence-corrected chi connectivity index (χ0v) is 14.2. The van der Waals surface area contributed by atoms with Gasteiger partial charge < -0.3 is 9.67 Å². The Bertz CT molecular complexity index is 750. The normalized spacial score (nSPS) is 12.9. The number of imidazole rings is 1. The van der Waals surface area contributed by atoms with Gasteiger partial charge in [-0.2, -0.15) is 0 Å². The summed E-state index contributed by atoms with van der Waals surface area (Å²) >= 11 is 5.01. The minimum Gasteiger partial charge on any atom is -0.387 e. The lowest BCUT2D eigenvalue weighted by Gasteiger charge is -2.11. The maximum absolute atomic E-state index is 10.4. The van der Waals surface area contributed by atoms with E-state index in [1.807, 2.05) is 30.3 Å². The summed E-state index contributed by atoms with van der Waals surface area (Å²) in [7, 11) is 0. The molecule has 1 aromatic carbocycles. The van der Waals surface area contributed by atoms with Crippen LogP contribution in [0.5, 0.6) is 0 Å². The van der Waals surface area contributed by atoms with E-state index in [-0.39, 0.29) is 0 Å². The molecule has 0 saturated heterocycles. The first-order valence-electron chi connectivity index (χ1n) is 7.06. The summed E-state index contributed by atoms with van der Waals surface area (Å²) in [5.74, 6) is 0.954. The van der Waals surface area contributed by atoms with Crippen molar-refractivity contribution in [2.24, 2.45) is 0 Å². The number of aromatic nitrogens is 2. The maximum atomic E-state index is 10.4. The third-order valence-electron chi connectivity index (χ3n) is 3.48. The number of para-hydroxylation sites is 2. The van der Waals surface area contributed by atoms with Gasteiger partial charge in [-0.05, 0) is 46.6 Å². The number of rotatable bonds is 5. The van der Waals surface area contributed by atoms with Gasteiger partial charge in [0.2, 0.25) is 0 Å². The summed E-state index contributed by atoms with van der Waals surface area (Å²) in [6.07, 6.45) is 1.09. The van der Waals surface area contributed by atoms with Crippen molar-refractivity contribution in [3.8, 4) is 0 Å². The fourth-order valence-electron chi connectivity index (χ4n) is 2.54. The zero-order valence-electron chi connectivity index (χ0n) is 11.8. The van der Waals surface area contributed by atoms with Gasteiger partial charge in [0.05, 0.1) is 20.9 Å². The minimum atomic E-state index is -0.506. The SMILES string of the molecule is CCCn1c(CC(O)c2ccc(Br)s2)nc2ccccc21. The van der Waals surface area contributed by atoms with E-state index in [0.717, 1.165) is 38.5 Å². The van der Waals surface area contributed by atoms with Gasteiger partial charge in [-0.15, -0.1) is 11.3 Å². The van der Waals surface area contributed by atoms with Crippen LogP contribution < -0.4 is 0 Å². The van der Waals surface area contributed by atoms with Crippen molar-refractivity contribution in [3.63, 3.8) is 0 Å². The second kappa shape index (κ2) is 6.30. The van der Waals surface area contributed by atoms with E-state index in [1.165, 1.54) is 0 Å². The number of thiophene rings is 1. The van der Waals surface area contributed by atoms with Crippen LogP contribution in [0, 0.1) is 0 Å². The monoisotopic (exact) mass is 364 g/mol. The summed E-state index contributed by atoms with van der Waals surface area (Å²) in [6.45, 7) is 3.09. The predicted octanol–water partition coefficient (Wildman–Crippen LogP) is 4.55. The van der Waals surface area contributed by atoms with Crippen molar-refractivity contribution in [1.29, 1.82) is 0 Å². The molecule has 1 atom stereocenters. The van der Waals surface area contributed by atoms with Gasteiger partial charge >= 0.3 is 0 Å². The average Bonchev–Trinajstić information content (AvgIpc) is 3.04. The first kappa shape index (κ1) is 14.8. The molecule has 3 nitrogen and oxygen atoms in total. The fourth-order valence-corrected chi connectivity index (χ4v) is 3.94. The number of benzene rings is 1. The van der Waals surface area contributed by atoms with Crippen LogP contribution >= 0.6 is 27.3 Å². The van der Waals surface area contributed by atoms with Gasteiger partial charge in [0.1, 0.15) is 5.82 Å². The van der Waals surface area contributed by atoms with Crippen molar-refractivity contribution >= 4 is 38.3 Å². The van der Waals surface area contributed by atoms with Gasteiger partial charge in [0.15, 0.2) is 0 Å². The highest BCUT2D eigenvalue weighted by molar-refractivity contribution is 9.11. The standard InChI is InChI=1S/C16H17BrN2OS/c1-2-9-19-12-6-4-3-5-11(12)18-16(19)10-13(20)14-7-8-15(17)21-14/h3-8,13,20H,2,9-10H2,1H3. The van der Waals surface area contributed by atoms with E-state index in [2.05, 4.69) is 33.5 Å². The molecule has 0 saturated carbocycles. The molecule has 0 bridgehead atoms. The third kappa shape index (κ3) is 3.05. The molecule has 3 rings (SSSR count). The van der Waals surface area contributed by atoms with E-state index in [9.17, 15) is 5.11 Å². The molecule has 21 heavy (non-hydrogen) atoms. The lowest BCUT2D eigenvalue weighted by Crippen LogP contribution is -2.08. The second-order valence-electron chi connectivity index (χ2n) is 5.03. The summed E-state index contributed by atoms with van der Waals surface area (Å²) in [5.41, 5.74) is 2.15. The van der Waals surface area contributed by atoms with E-state index >= 15 is 0 Å². The summed E-state index contributed by atoms with van der Waals surface area (Å²) in [4.78, 5) is 5.67. The largest absolute Gasteiger partial charge is 0.387 e. The second-order valence-corrected chi connectivity index (χ2v) is 7.52. The Hall–Kier alpha value is -1.17. The fraction of sp³-hybridized carbons (Fsp3) is 0.312. The zero-order chi connectivity index (χ0) is 14.8. The predicted molar refractivity (Wildman–Crippen MR) is 90.7 cm³/mol. The molecule has 5 heteroatoms. The van der Waals surface area contributed by atoms with Crippen molar-refractivity contribution < 1.29 is 5.11 Å². The number of fused-ring (bicyclic) bond motifs is 1. The molecule has 0 spiro atoms. The molecule has 2 heterocycles. The molecule has 0 aliphatic heterocycles. The average molecular weight is 365 g/mol. The molecule has 0 radical (unpaired) electrons. The Morgan fingerprint density at radius 2 is 2.10 bits per heavy atom.